The molecule has 0 saturated carbocycles. The van der Waals surface area contributed by atoms with Crippen LogP contribution >= 0.6 is 12.6 Å². The minimum atomic E-state index is 0.621. The Morgan fingerprint density at radius 1 is 1.80 bits per heavy atom. The maximum atomic E-state index is 4.16. The number of hydrogen-bond donors (Lipinski definition) is 2. The van der Waals surface area contributed by atoms with Gasteiger partial charge in [0.05, 0.1) is 5.88 Å². The molecule has 0 aliphatic rings. The summed E-state index contributed by atoms with van der Waals surface area (Å²) < 4.78 is 1.83. The highest BCUT2D eigenvalue weighted by Crippen LogP contribution is 2.05. The predicted molar refractivity (Wildman–Crippen MR) is 45.4 cm³/mol. The Balaban J connectivity index is 2.77. The van der Waals surface area contributed by atoms with E-state index in [1.165, 1.54) is 0 Å². The molecule has 0 aliphatic carbocycles. The van der Waals surface area contributed by atoms with E-state index in [0.29, 0.717) is 5.88 Å². The second kappa shape index (κ2) is 2.96. The van der Waals surface area contributed by atoms with Crippen LogP contribution in [0, 0.1) is 6.92 Å². The molecular weight excluding hydrogens is 146 g/mol. The lowest BCUT2D eigenvalue weighted by atomic mass is 10.5. The molecule has 0 unspecified atom stereocenters. The van der Waals surface area contributed by atoms with Gasteiger partial charge < -0.3 is 5.32 Å². The molecule has 0 spiro atoms. The van der Waals surface area contributed by atoms with Crippen LogP contribution < -0.4 is 5.32 Å². The molecule has 0 radical (unpaired) electrons. The molecule has 1 aromatic rings. The van der Waals surface area contributed by atoms with Crippen molar-refractivity contribution in [2.45, 2.75) is 6.92 Å². The summed E-state index contributed by atoms with van der Waals surface area (Å²) in [5.41, 5.74) is 1.14. The zero-order valence-electron chi connectivity index (χ0n) is 6.13. The topological polar surface area (TPSA) is 29.9 Å². The molecule has 0 atom stereocenters. The van der Waals surface area contributed by atoms with Crippen LogP contribution in [0.25, 0.3) is 0 Å². The van der Waals surface area contributed by atoms with Gasteiger partial charge in [-0.1, -0.05) is 0 Å². The molecule has 0 bridgehead atoms. The third kappa shape index (κ3) is 1.44. The Labute approximate surface area is 65.8 Å². The van der Waals surface area contributed by atoms with Crippen molar-refractivity contribution in [3.8, 4) is 0 Å². The van der Waals surface area contributed by atoms with Crippen molar-refractivity contribution in [2.24, 2.45) is 7.05 Å². The number of aryl methyl sites for hydroxylation is 2. The summed E-state index contributed by atoms with van der Waals surface area (Å²) in [5, 5.41) is 7.16. The molecule has 1 heterocycles. The highest BCUT2D eigenvalue weighted by molar-refractivity contribution is 7.80. The number of rotatable bonds is 2. The van der Waals surface area contributed by atoms with Gasteiger partial charge >= 0.3 is 0 Å². The SMILES string of the molecule is Cc1cc(NCS)nn1C. The first kappa shape index (κ1) is 7.47. The maximum Gasteiger partial charge on any atom is 0.148 e. The molecular formula is C6H11N3S. The van der Waals surface area contributed by atoms with Gasteiger partial charge in [-0.05, 0) is 6.92 Å². The summed E-state index contributed by atoms with van der Waals surface area (Å²) in [6, 6.07) is 1.98. The molecule has 0 amide bonds. The Morgan fingerprint density at radius 3 is 2.90 bits per heavy atom. The summed E-state index contributed by atoms with van der Waals surface area (Å²) >= 11 is 4.02. The molecule has 56 valence electrons. The summed E-state index contributed by atoms with van der Waals surface area (Å²) in [6.07, 6.45) is 0. The van der Waals surface area contributed by atoms with Gasteiger partial charge in [-0.15, -0.1) is 0 Å². The summed E-state index contributed by atoms with van der Waals surface area (Å²) in [5.74, 6) is 1.51. The number of hydrogen-bond acceptors (Lipinski definition) is 3. The van der Waals surface area contributed by atoms with Gasteiger partial charge in [0.1, 0.15) is 5.82 Å². The van der Waals surface area contributed by atoms with Gasteiger partial charge in [-0.3, -0.25) is 4.68 Å². The fourth-order valence-electron chi connectivity index (χ4n) is 0.728. The number of nitrogens with zero attached hydrogens (tertiary/aromatic N) is 2. The van der Waals surface area contributed by atoms with Crippen LogP contribution in [0.3, 0.4) is 0 Å². The smallest absolute Gasteiger partial charge is 0.148 e. The van der Waals surface area contributed by atoms with E-state index in [1.807, 2.05) is 24.7 Å². The monoisotopic (exact) mass is 157 g/mol. The van der Waals surface area contributed by atoms with Crippen molar-refractivity contribution in [3.63, 3.8) is 0 Å². The van der Waals surface area contributed by atoms with Crippen LogP contribution in [0.1, 0.15) is 5.69 Å². The first-order valence-corrected chi connectivity index (χ1v) is 3.72. The largest absolute Gasteiger partial charge is 0.360 e. The van der Waals surface area contributed by atoms with Crippen molar-refractivity contribution in [1.29, 1.82) is 0 Å². The second-order valence-electron chi connectivity index (χ2n) is 2.13. The van der Waals surface area contributed by atoms with E-state index in [2.05, 4.69) is 23.0 Å². The van der Waals surface area contributed by atoms with Crippen LogP contribution in [-0.2, 0) is 7.05 Å². The summed E-state index contributed by atoms with van der Waals surface area (Å²) in [7, 11) is 1.92. The van der Waals surface area contributed by atoms with Gasteiger partial charge in [0, 0.05) is 18.8 Å². The summed E-state index contributed by atoms with van der Waals surface area (Å²) in [6.45, 7) is 2.01. The van der Waals surface area contributed by atoms with E-state index in [4.69, 9.17) is 0 Å². The third-order valence-corrected chi connectivity index (χ3v) is 1.53. The van der Waals surface area contributed by atoms with Gasteiger partial charge in [0.15, 0.2) is 0 Å². The van der Waals surface area contributed by atoms with Crippen LogP contribution in [0.15, 0.2) is 6.07 Å². The average molecular weight is 157 g/mol. The third-order valence-electron chi connectivity index (χ3n) is 1.37. The fraction of sp³-hybridized carbons (Fsp3) is 0.500. The molecule has 1 rings (SSSR count). The minimum absolute atomic E-state index is 0.621. The highest BCUT2D eigenvalue weighted by Gasteiger charge is 1.96. The average Bonchev–Trinajstić information content (AvgIpc) is 2.14. The van der Waals surface area contributed by atoms with Crippen LogP contribution in [-0.4, -0.2) is 15.7 Å². The summed E-state index contributed by atoms with van der Waals surface area (Å²) in [4.78, 5) is 0. The second-order valence-corrected chi connectivity index (χ2v) is 2.45. The van der Waals surface area contributed by atoms with E-state index >= 15 is 0 Å². The number of anilines is 1. The molecule has 0 aliphatic heterocycles. The van der Waals surface area contributed by atoms with Gasteiger partial charge in [-0.2, -0.15) is 17.7 Å². The molecule has 0 saturated heterocycles. The lowest BCUT2D eigenvalue weighted by molar-refractivity contribution is 0.742. The Bertz CT molecular complexity index is 199. The normalized spacial score (nSPS) is 9.90. The Morgan fingerprint density at radius 2 is 2.50 bits per heavy atom. The number of thiol groups is 1. The first-order valence-electron chi connectivity index (χ1n) is 3.09. The molecule has 3 nitrogen and oxygen atoms in total. The standard InChI is InChI=1S/C6H11N3S/c1-5-3-6(7-4-10)8-9(5)2/h3,10H,4H2,1-2H3,(H,7,8). The lowest BCUT2D eigenvalue weighted by Gasteiger charge is -1.93. The van der Waals surface area contributed by atoms with Crippen molar-refractivity contribution in [2.75, 3.05) is 11.2 Å². The van der Waals surface area contributed by atoms with Crippen LogP contribution in [0.4, 0.5) is 5.82 Å². The van der Waals surface area contributed by atoms with Crippen molar-refractivity contribution in [3.05, 3.63) is 11.8 Å². The van der Waals surface area contributed by atoms with E-state index in [1.54, 1.807) is 0 Å². The van der Waals surface area contributed by atoms with E-state index in [-0.39, 0.29) is 0 Å². The quantitative estimate of drug-likeness (QED) is 0.496. The maximum absolute atomic E-state index is 4.16. The van der Waals surface area contributed by atoms with Crippen molar-refractivity contribution in [1.82, 2.24) is 9.78 Å². The fourth-order valence-corrected chi connectivity index (χ4v) is 0.890. The van der Waals surface area contributed by atoms with Gasteiger partial charge in [0.2, 0.25) is 0 Å². The Kier molecular flexibility index (Phi) is 2.21. The molecule has 1 N–H and O–H groups in total. The zero-order valence-corrected chi connectivity index (χ0v) is 7.02. The van der Waals surface area contributed by atoms with E-state index < -0.39 is 0 Å². The molecule has 10 heavy (non-hydrogen) atoms. The number of nitrogens with one attached hydrogen (secondary N) is 1. The van der Waals surface area contributed by atoms with Crippen molar-refractivity contribution >= 4 is 18.4 Å². The number of aromatic nitrogens is 2. The Hall–Kier alpha value is -0.640. The van der Waals surface area contributed by atoms with E-state index in [9.17, 15) is 0 Å². The van der Waals surface area contributed by atoms with Gasteiger partial charge in [0.25, 0.3) is 0 Å². The predicted octanol–water partition coefficient (Wildman–Crippen LogP) is 1.03. The van der Waals surface area contributed by atoms with Crippen LogP contribution in [0.5, 0.6) is 0 Å². The highest BCUT2D eigenvalue weighted by atomic mass is 32.1. The zero-order chi connectivity index (χ0) is 7.56. The molecule has 0 fully saturated rings. The lowest BCUT2D eigenvalue weighted by Crippen LogP contribution is -1.97. The van der Waals surface area contributed by atoms with Crippen molar-refractivity contribution < 1.29 is 0 Å². The molecule has 1 aromatic heterocycles. The molecule has 4 heteroatoms. The van der Waals surface area contributed by atoms with E-state index in [0.717, 1.165) is 11.5 Å². The minimum Gasteiger partial charge on any atom is -0.360 e. The first-order chi connectivity index (χ1) is 4.74. The van der Waals surface area contributed by atoms with Crippen LogP contribution in [0.2, 0.25) is 0 Å². The van der Waals surface area contributed by atoms with Gasteiger partial charge in [-0.25, -0.2) is 0 Å². The molecule has 0 aromatic carbocycles.